The molecule has 11 heavy (non-hydrogen) atoms. The highest BCUT2D eigenvalue weighted by molar-refractivity contribution is 14.1. The van der Waals surface area contributed by atoms with Crippen molar-refractivity contribution in [2.75, 3.05) is 13.1 Å². The molecule has 0 fully saturated rings. The molecule has 0 aromatic heterocycles. The molecule has 0 spiro atoms. The average Bonchev–Trinajstić information content (AvgIpc) is 1.97. The van der Waals surface area contributed by atoms with E-state index in [4.69, 9.17) is 0 Å². The van der Waals surface area contributed by atoms with E-state index in [1.165, 1.54) is 24.1 Å². The van der Waals surface area contributed by atoms with Gasteiger partial charge in [0.2, 0.25) is 0 Å². The second-order valence-electron chi connectivity index (χ2n) is 3.12. The summed E-state index contributed by atoms with van der Waals surface area (Å²) in [6.07, 6.45) is 1.42. The summed E-state index contributed by atoms with van der Waals surface area (Å²) in [6, 6.07) is 0.732. The number of rotatable bonds is 6. The molecule has 0 bridgehead atoms. The minimum Gasteiger partial charge on any atom is -0.301 e. The molecule has 0 aromatic carbocycles. The molecular weight excluding hydrogens is 261 g/mol. The maximum absolute atomic E-state index is 2.58. The van der Waals surface area contributed by atoms with Crippen LogP contribution in [0.5, 0.6) is 0 Å². The third kappa shape index (κ3) is 6.60. The van der Waals surface area contributed by atoms with E-state index in [1.807, 2.05) is 0 Å². The lowest BCUT2D eigenvalue weighted by molar-refractivity contribution is 0.234. The van der Waals surface area contributed by atoms with Crippen LogP contribution in [0.4, 0.5) is 0 Å². The first-order chi connectivity index (χ1) is 5.22. The monoisotopic (exact) mass is 279 g/mol. The molecule has 0 unspecified atom stereocenters. The zero-order chi connectivity index (χ0) is 8.69. The van der Waals surface area contributed by atoms with Crippen molar-refractivity contribution in [2.45, 2.75) is 37.8 Å². The van der Waals surface area contributed by atoms with Crippen molar-refractivity contribution < 1.29 is 0 Å². The quantitative estimate of drug-likeness (QED) is 0.410. The molecule has 3 heteroatoms. The van der Waals surface area contributed by atoms with Crippen molar-refractivity contribution in [1.82, 2.24) is 4.90 Å². The largest absolute Gasteiger partial charge is 0.464 e. The summed E-state index contributed by atoms with van der Waals surface area (Å²) < 4.78 is 1.50. The molecular formula is C8H18IMgN. The van der Waals surface area contributed by atoms with E-state index in [9.17, 15) is 0 Å². The third-order valence-corrected chi connectivity index (χ3v) is 5.02. The van der Waals surface area contributed by atoms with Gasteiger partial charge in [-0.3, -0.25) is 0 Å². The number of halogens is 1. The Hall–Kier alpha value is 1.46. The first-order valence-corrected chi connectivity index (χ1v) is 10.6. The van der Waals surface area contributed by atoms with E-state index in [0.29, 0.717) is 0 Å². The molecule has 0 saturated carbocycles. The van der Waals surface area contributed by atoms with Crippen molar-refractivity contribution >= 4 is 35.3 Å². The molecule has 0 amide bonds. The zero-order valence-electron chi connectivity index (χ0n) is 7.94. The van der Waals surface area contributed by atoms with Crippen molar-refractivity contribution in [3.05, 3.63) is 0 Å². The van der Waals surface area contributed by atoms with Crippen LogP contribution in [-0.4, -0.2) is 40.5 Å². The standard InChI is InChI=1S/C8H18N.HI.Mg/c1-5-7-9(6-2)8(3)4;;/h8H,1,5-7H2,2-4H3;1H;/q;;+1/p-1. The van der Waals surface area contributed by atoms with Gasteiger partial charge in [-0.2, -0.15) is 0 Å². The fourth-order valence-corrected chi connectivity index (χ4v) is 3.22. The summed E-state index contributed by atoms with van der Waals surface area (Å²) in [5.41, 5.74) is 0. The summed E-state index contributed by atoms with van der Waals surface area (Å²) in [5.74, 6) is 0. The Morgan fingerprint density at radius 3 is 2.45 bits per heavy atom. The van der Waals surface area contributed by atoms with Crippen molar-refractivity contribution in [2.24, 2.45) is 0 Å². The highest BCUT2D eigenvalue weighted by Crippen LogP contribution is 2.01. The lowest BCUT2D eigenvalue weighted by atomic mass is 10.3. The fraction of sp³-hybridized carbons (Fsp3) is 1.00. The molecule has 1 nitrogen and oxygen atoms in total. The maximum Gasteiger partial charge on any atom is 0.464 e. The average molecular weight is 279 g/mol. The molecule has 0 aliphatic carbocycles. The Labute approximate surface area is 90.4 Å². The number of hydrogen-bond acceptors (Lipinski definition) is 1. The molecule has 0 rings (SSSR count). The maximum atomic E-state index is 2.58. The van der Waals surface area contributed by atoms with E-state index in [0.717, 1.165) is 6.04 Å². The van der Waals surface area contributed by atoms with Crippen LogP contribution < -0.4 is 0 Å². The van der Waals surface area contributed by atoms with Crippen LogP contribution in [0, 0.1) is 0 Å². The number of hydrogen-bond donors (Lipinski definition) is 0. The Morgan fingerprint density at radius 1 is 1.45 bits per heavy atom. The van der Waals surface area contributed by atoms with Gasteiger partial charge in [-0.15, -0.1) is 4.55 Å². The van der Waals surface area contributed by atoms with E-state index in [-0.39, 0.29) is 16.5 Å². The van der Waals surface area contributed by atoms with Crippen molar-refractivity contribution in [3.8, 4) is 0 Å². The lowest BCUT2D eigenvalue weighted by Gasteiger charge is -2.24. The molecule has 0 radical (unpaired) electrons. The zero-order valence-corrected chi connectivity index (χ0v) is 11.5. The van der Waals surface area contributed by atoms with E-state index in [1.54, 1.807) is 0 Å². The van der Waals surface area contributed by atoms with Gasteiger partial charge in [0.05, 0.1) is 0 Å². The highest BCUT2D eigenvalue weighted by atomic mass is 127. The molecule has 0 saturated heterocycles. The van der Waals surface area contributed by atoms with Crippen LogP contribution >= 0.6 is 18.9 Å². The van der Waals surface area contributed by atoms with E-state index >= 15 is 0 Å². The smallest absolute Gasteiger partial charge is 0.301 e. The first-order valence-electron chi connectivity index (χ1n) is 4.52. The van der Waals surface area contributed by atoms with E-state index < -0.39 is 0 Å². The second-order valence-corrected chi connectivity index (χ2v) is 7.44. The molecule has 64 valence electrons. The molecule has 0 aliphatic heterocycles. The first kappa shape index (κ1) is 12.5. The van der Waals surface area contributed by atoms with E-state index in [2.05, 4.69) is 44.5 Å². The molecule has 0 aromatic rings. The SMILES string of the molecule is CCN(CC[CH2][Mg][I])C(C)C. The van der Waals surface area contributed by atoms with Crippen LogP contribution in [0.1, 0.15) is 27.2 Å². The normalized spacial score (nSPS) is 10.7. The van der Waals surface area contributed by atoms with Gasteiger partial charge in [-0.25, -0.2) is 0 Å². The third-order valence-electron chi connectivity index (χ3n) is 1.97. The van der Waals surface area contributed by atoms with Crippen LogP contribution in [-0.2, 0) is 0 Å². The lowest BCUT2D eigenvalue weighted by Crippen LogP contribution is -2.31. The fourth-order valence-electron chi connectivity index (χ4n) is 1.19. The second kappa shape index (κ2) is 8.07. The summed E-state index contributed by atoms with van der Waals surface area (Å²) in [7, 11) is 0. The van der Waals surface area contributed by atoms with Crippen molar-refractivity contribution in [1.29, 1.82) is 0 Å². The van der Waals surface area contributed by atoms with Gasteiger partial charge in [0.1, 0.15) is 0 Å². The Kier molecular flexibility index (Phi) is 9.14. The Bertz CT molecular complexity index is 88.2. The van der Waals surface area contributed by atoms with Gasteiger partial charge in [-0.05, 0) is 26.9 Å². The topological polar surface area (TPSA) is 3.24 Å². The van der Waals surface area contributed by atoms with Gasteiger partial charge in [-0.1, -0.05) is 13.3 Å². The summed E-state index contributed by atoms with van der Waals surface area (Å²) >= 11 is 2.87. The molecule has 0 N–H and O–H groups in total. The van der Waals surface area contributed by atoms with Crippen LogP contribution in [0.2, 0.25) is 4.55 Å². The van der Waals surface area contributed by atoms with Crippen molar-refractivity contribution in [3.63, 3.8) is 0 Å². The minimum absolute atomic E-state index is 0.282. The van der Waals surface area contributed by atoms with Gasteiger partial charge in [0.25, 0.3) is 0 Å². The predicted octanol–water partition coefficient (Wildman–Crippen LogP) is 2.58. The molecule has 0 heterocycles. The van der Waals surface area contributed by atoms with Gasteiger partial charge < -0.3 is 23.8 Å². The number of nitrogens with zero attached hydrogens (tertiary/aromatic N) is 1. The minimum atomic E-state index is 0.282. The van der Waals surface area contributed by atoms with Gasteiger partial charge in [0.15, 0.2) is 0 Å². The van der Waals surface area contributed by atoms with Crippen LogP contribution in [0.3, 0.4) is 0 Å². The molecule has 0 aliphatic rings. The summed E-state index contributed by atoms with van der Waals surface area (Å²) in [5, 5.41) is 0. The van der Waals surface area contributed by atoms with Crippen LogP contribution in [0.25, 0.3) is 0 Å². The highest BCUT2D eigenvalue weighted by Gasteiger charge is 2.05. The Balaban J connectivity index is 3.36. The summed E-state index contributed by atoms with van der Waals surface area (Å²) in [6.45, 7) is 9.34. The van der Waals surface area contributed by atoms with Gasteiger partial charge in [0, 0.05) is 6.04 Å². The van der Waals surface area contributed by atoms with Gasteiger partial charge >= 0.3 is 16.5 Å². The molecule has 0 atom stereocenters. The summed E-state index contributed by atoms with van der Waals surface area (Å²) in [4.78, 5) is 2.54. The van der Waals surface area contributed by atoms with Crippen LogP contribution in [0.15, 0.2) is 0 Å². The predicted molar refractivity (Wildman–Crippen MR) is 61.6 cm³/mol. The Morgan fingerprint density at radius 2 is 2.09 bits per heavy atom.